The van der Waals surface area contributed by atoms with E-state index in [0.29, 0.717) is 45.8 Å². The normalized spacial score (nSPS) is 18.5. The number of nitro groups is 1. The molecular formula is C24H26ClN5O5. The van der Waals surface area contributed by atoms with Crippen molar-refractivity contribution in [3.63, 3.8) is 0 Å². The minimum atomic E-state index is -0.605. The molecule has 2 aliphatic rings. The van der Waals surface area contributed by atoms with Crippen LogP contribution in [-0.4, -0.2) is 78.3 Å². The Labute approximate surface area is 207 Å². The highest BCUT2D eigenvalue weighted by molar-refractivity contribution is 6.32. The first-order valence-electron chi connectivity index (χ1n) is 11.4. The molecule has 0 saturated carbocycles. The van der Waals surface area contributed by atoms with E-state index in [-0.39, 0.29) is 46.3 Å². The molecule has 2 saturated heterocycles. The Bertz CT molecular complexity index is 1120. The minimum absolute atomic E-state index is 0.00633. The third-order valence-corrected chi connectivity index (χ3v) is 6.66. The number of nitrogens with one attached hydrogen (secondary N) is 1. The number of anilines is 1. The minimum Gasteiger partial charge on any atom is -0.355 e. The van der Waals surface area contributed by atoms with Crippen LogP contribution in [0.3, 0.4) is 0 Å². The second-order valence-electron chi connectivity index (χ2n) is 8.59. The van der Waals surface area contributed by atoms with Gasteiger partial charge in [0.1, 0.15) is 5.02 Å². The van der Waals surface area contributed by atoms with E-state index in [1.54, 1.807) is 9.80 Å². The molecule has 4 rings (SSSR count). The molecule has 184 valence electrons. The molecule has 0 spiro atoms. The number of rotatable bonds is 7. The summed E-state index contributed by atoms with van der Waals surface area (Å²) in [6.45, 7) is 3.66. The van der Waals surface area contributed by atoms with Gasteiger partial charge in [0, 0.05) is 69.6 Å². The third kappa shape index (κ3) is 5.77. The van der Waals surface area contributed by atoms with Gasteiger partial charge in [-0.1, -0.05) is 29.8 Å². The van der Waals surface area contributed by atoms with Crippen molar-refractivity contribution in [2.45, 2.75) is 6.42 Å². The number of carbonyl (C=O) groups is 3. The number of halogens is 1. The number of hydrogen-bond donors (Lipinski definition) is 1. The van der Waals surface area contributed by atoms with Crippen LogP contribution in [0.15, 0.2) is 48.5 Å². The van der Waals surface area contributed by atoms with Crippen LogP contribution >= 0.6 is 11.6 Å². The number of piperazine rings is 1. The smallest absolute Gasteiger partial charge is 0.288 e. The van der Waals surface area contributed by atoms with Gasteiger partial charge in [-0.25, -0.2) is 0 Å². The molecule has 0 radical (unpaired) electrons. The maximum absolute atomic E-state index is 12.8. The first-order chi connectivity index (χ1) is 16.8. The van der Waals surface area contributed by atoms with Crippen molar-refractivity contribution in [3.8, 4) is 0 Å². The van der Waals surface area contributed by atoms with E-state index in [9.17, 15) is 24.5 Å². The lowest BCUT2D eigenvalue weighted by Gasteiger charge is -2.34. The van der Waals surface area contributed by atoms with E-state index >= 15 is 0 Å². The van der Waals surface area contributed by atoms with Crippen molar-refractivity contribution in [2.75, 3.05) is 50.7 Å². The third-order valence-electron chi connectivity index (χ3n) is 6.34. The standard InChI is InChI=1S/C24H26ClN5O5/c25-20-7-6-17(14-21(20)30(34)35)24(33)28-12-10-27(11-13-28)9-8-26-23(32)18-15-22(31)29(16-18)19-4-2-1-3-5-19/h1-7,14,18H,8-13,15-16H2,(H,26,32). The number of nitro benzene ring substituents is 1. The predicted octanol–water partition coefficient (Wildman–Crippen LogP) is 2.18. The van der Waals surface area contributed by atoms with Gasteiger partial charge in [0.25, 0.3) is 11.6 Å². The van der Waals surface area contributed by atoms with E-state index in [1.807, 2.05) is 30.3 Å². The molecule has 2 aromatic carbocycles. The maximum atomic E-state index is 12.8. The number of nitrogens with zero attached hydrogens (tertiary/aromatic N) is 4. The van der Waals surface area contributed by atoms with Gasteiger partial charge < -0.3 is 15.1 Å². The number of carbonyl (C=O) groups excluding carboxylic acids is 3. The molecule has 0 aromatic heterocycles. The molecule has 35 heavy (non-hydrogen) atoms. The first kappa shape index (κ1) is 24.6. The van der Waals surface area contributed by atoms with Crippen molar-refractivity contribution >= 4 is 40.7 Å². The molecule has 2 fully saturated rings. The van der Waals surface area contributed by atoms with Gasteiger partial charge in [0.15, 0.2) is 0 Å². The molecule has 2 aromatic rings. The zero-order chi connectivity index (χ0) is 24.9. The zero-order valence-electron chi connectivity index (χ0n) is 19.1. The second-order valence-corrected chi connectivity index (χ2v) is 9.00. The lowest BCUT2D eigenvalue weighted by atomic mass is 10.1. The van der Waals surface area contributed by atoms with E-state index in [4.69, 9.17) is 11.6 Å². The molecule has 0 bridgehead atoms. The average Bonchev–Trinajstić information content (AvgIpc) is 3.26. The lowest BCUT2D eigenvalue weighted by Crippen LogP contribution is -2.50. The highest BCUT2D eigenvalue weighted by atomic mass is 35.5. The Morgan fingerprint density at radius 2 is 1.80 bits per heavy atom. The summed E-state index contributed by atoms with van der Waals surface area (Å²) < 4.78 is 0. The Hall–Kier alpha value is -3.50. The van der Waals surface area contributed by atoms with Crippen LogP contribution in [0.2, 0.25) is 5.02 Å². The molecule has 0 aliphatic carbocycles. The fourth-order valence-corrected chi connectivity index (χ4v) is 4.55. The summed E-state index contributed by atoms with van der Waals surface area (Å²) in [4.78, 5) is 53.6. The zero-order valence-corrected chi connectivity index (χ0v) is 19.8. The topological polar surface area (TPSA) is 116 Å². The molecular weight excluding hydrogens is 474 g/mol. The van der Waals surface area contributed by atoms with Crippen molar-refractivity contribution < 1.29 is 19.3 Å². The van der Waals surface area contributed by atoms with Crippen molar-refractivity contribution in [1.82, 2.24) is 15.1 Å². The highest BCUT2D eigenvalue weighted by Crippen LogP contribution is 2.26. The molecule has 1 unspecified atom stereocenters. The van der Waals surface area contributed by atoms with Gasteiger partial charge in [-0.15, -0.1) is 0 Å². The van der Waals surface area contributed by atoms with Crippen LogP contribution in [0.25, 0.3) is 0 Å². The molecule has 10 nitrogen and oxygen atoms in total. The summed E-state index contributed by atoms with van der Waals surface area (Å²) in [5, 5.41) is 14.0. The largest absolute Gasteiger partial charge is 0.355 e. The van der Waals surface area contributed by atoms with Gasteiger partial charge in [-0.05, 0) is 24.3 Å². The Balaban J connectivity index is 1.21. The van der Waals surface area contributed by atoms with Gasteiger partial charge in [0.05, 0.1) is 10.8 Å². The second kappa shape index (κ2) is 10.8. The monoisotopic (exact) mass is 499 g/mol. The first-order valence-corrected chi connectivity index (χ1v) is 11.8. The van der Waals surface area contributed by atoms with Gasteiger partial charge in [-0.3, -0.25) is 29.4 Å². The summed E-state index contributed by atoms with van der Waals surface area (Å²) in [5.74, 6) is -0.828. The number of hydrogen-bond acceptors (Lipinski definition) is 6. The van der Waals surface area contributed by atoms with Crippen LogP contribution in [0.4, 0.5) is 11.4 Å². The summed E-state index contributed by atoms with van der Waals surface area (Å²) in [6.07, 6.45) is 0.199. The molecule has 11 heteroatoms. The molecule has 2 heterocycles. The fraction of sp³-hybridized carbons (Fsp3) is 0.375. The molecule has 1 atom stereocenters. The van der Waals surface area contributed by atoms with Crippen LogP contribution in [0.5, 0.6) is 0 Å². The predicted molar refractivity (Wildman–Crippen MR) is 130 cm³/mol. The Kier molecular flexibility index (Phi) is 7.62. The van der Waals surface area contributed by atoms with E-state index in [0.717, 1.165) is 5.69 Å². The van der Waals surface area contributed by atoms with Gasteiger partial charge in [0.2, 0.25) is 11.8 Å². The summed E-state index contributed by atoms with van der Waals surface area (Å²) in [5.41, 5.74) is 0.744. The highest BCUT2D eigenvalue weighted by Gasteiger charge is 2.35. The summed E-state index contributed by atoms with van der Waals surface area (Å²) >= 11 is 5.83. The fourth-order valence-electron chi connectivity index (χ4n) is 4.36. The quantitative estimate of drug-likeness (QED) is 0.461. The average molecular weight is 500 g/mol. The Morgan fingerprint density at radius 1 is 1.09 bits per heavy atom. The number of benzene rings is 2. The summed E-state index contributed by atoms with van der Waals surface area (Å²) in [6, 6.07) is 13.4. The Morgan fingerprint density at radius 3 is 2.49 bits per heavy atom. The van der Waals surface area contributed by atoms with Gasteiger partial charge >= 0.3 is 0 Å². The van der Waals surface area contributed by atoms with E-state index in [1.165, 1.54) is 18.2 Å². The molecule has 3 amide bonds. The van der Waals surface area contributed by atoms with Gasteiger partial charge in [-0.2, -0.15) is 0 Å². The molecule has 2 aliphatic heterocycles. The van der Waals surface area contributed by atoms with Crippen LogP contribution in [-0.2, 0) is 9.59 Å². The number of amides is 3. The lowest BCUT2D eigenvalue weighted by molar-refractivity contribution is -0.384. The SMILES string of the molecule is O=C(NCCN1CCN(C(=O)c2ccc(Cl)c([N+](=O)[O-])c2)CC1)C1CC(=O)N(c2ccccc2)C1. The van der Waals surface area contributed by atoms with Crippen molar-refractivity contribution in [1.29, 1.82) is 0 Å². The number of para-hydroxylation sites is 1. The van der Waals surface area contributed by atoms with Crippen LogP contribution < -0.4 is 10.2 Å². The van der Waals surface area contributed by atoms with E-state index < -0.39 is 4.92 Å². The van der Waals surface area contributed by atoms with Crippen LogP contribution in [0, 0.1) is 16.0 Å². The summed E-state index contributed by atoms with van der Waals surface area (Å²) in [7, 11) is 0. The van der Waals surface area contributed by atoms with Crippen molar-refractivity contribution in [3.05, 3.63) is 69.2 Å². The van der Waals surface area contributed by atoms with Crippen LogP contribution in [0.1, 0.15) is 16.8 Å². The maximum Gasteiger partial charge on any atom is 0.288 e. The van der Waals surface area contributed by atoms with Crippen molar-refractivity contribution in [2.24, 2.45) is 5.92 Å². The van der Waals surface area contributed by atoms with E-state index in [2.05, 4.69) is 10.2 Å². The molecule has 1 N–H and O–H groups in total.